The second-order valence-corrected chi connectivity index (χ2v) is 13.9. The number of aromatic nitrogens is 1. The van der Waals surface area contributed by atoms with Gasteiger partial charge in [0.1, 0.15) is 23.9 Å². The molecule has 0 aliphatic carbocycles. The highest BCUT2D eigenvalue weighted by atomic mass is 16.6. The maximum absolute atomic E-state index is 12.9. The molecule has 13 nitrogen and oxygen atoms in total. The van der Waals surface area contributed by atoms with Crippen LogP contribution in [0.25, 0.3) is 0 Å². The van der Waals surface area contributed by atoms with Crippen LogP contribution in [0.15, 0.2) is 60.5 Å². The number of nitrogens with one attached hydrogen (secondary N) is 1. The van der Waals surface area contributed by atoms with E-state index in [2.05, 4.69) is 24.1 Å². The number of rotatable bonds is 13. The molecule has 0 spiro atoms. The van der Waals surface area contributed by atoms with Gasteiger partial charge in [0.05, 0.1) is 36.4 Å². The molecule has 1 aromatic heterocycles. The lowest BCUT2D eigenvalue weighted by Crippen LogP contribution is -2.52. The van der Waals surface area contributed by atoms with Gasteiger partial charge in [0.15, 0.2) is 0 Å². The number of methoxy groups -OCH3 is 1. The molecule has 286 valence electrons. The molecule has 51 heavy (non-hydrogen) atoms. The lowest BCUT2D eigenvalue weighted by molar-refractivity contribution is -0.157. The van der Waals surface area contributed by atoms with Crippen LogP contribution in [0.2, 0.25) is 0 Å². The lowest BCUT2D eigenvalue weighted by atomic mass is 9.87. The predicted molar refractivity (Wildman–Crippen MR) is 190 cm³/mol. The fourth-order valence-corrected chi connectivity index (χ4v) is 6.40. The number of ether oxygens (including phenoxy) is 4. The monoisotopic (exact) mass is 718 g/mol. The highest BCUT2D eigenvalue weighted by molar-refractivity contribution is 5.70. The number of hydrogen-bond acceptors (Lipinski definition) is 12. The van der Waals surface area contributed by atoms with Crippen LogP contribution in [0, 0.1) is 11.8 Å². The van der Waals surface area contributed by atoms with Crippen molar-refractivity contribution in [1.29, 1.82) is 0 Å². The Balaban J connectivity index is 0.00000290. The van der Waals surface area contributed by atoms with E-state index >= 15 is 0 Å². The van der Waals surface area contributed by atoms with Crippen molar-refractivity contribution in [2.45, 2.75) is 135 Å². The van der Waals surface area contributed by atoms with Crippen molar-refractivity contribution >= 4 is 18.4 Å². The molecule has 1 aromatic rings. The zero-order chi connectivity index (χ0) is 38.4. The third kappa shape index (κ3) is 13.9. The van der Waals surface area contributed by atoms with E-state index in [0.29, 0.717) is 12.1 Å². The minimum Gasteiger partial charge on any atom is -0.483 e. The van der Waals surface area contributed by atoms with Gasteiger partial charge in [0.25, 0.3) is 6.47 Å². The van der Waals surface area contributed by atoms with Crippen LogP contribution in [0.3, 0.4) is 0 Å². The maximum Gasteiger partial charge on any atom is 0.309 e. The number of cyclic esters (lactones) is 1. The van der Waals surface area contributed by atoms with Crippen molar-refractivity contribution in [2.75, 3.05) is 7.11 Å². The van der Waals surface area contributed by atoms with E-state index in [1.165, 1.54) is 6.92 Å². The van der Waals surface area contributed by atoms with Crippen molar-refractivity contribution in [3.8, 4) is 0 Å². The molecule has 5 N–H and O–H groups in total. The van der Waals surface area contributed by atoms with Gasteiger partial charge >= 0.3 is 11.9 Å². The van der Waals surface area contributed by atoms with E-state index in [0.717, 1.165) is 12.0 Å². The molecule has 3 heterocycles. The van der Waals surface area contributed by atoms with E-state index in [-0.39, 0.29) is 55.9 Å². The molecule has 0 amide bonds. The Morgan fingerprint density at radius 2 is 1.88 bits per heavy atom. The average Bonchev–Trinajstić information content (AvgIpc) is 3.85. The van der Waals surface area contributed by atoms with E-state index in [1.54, 1.807) is 63.7 Å². The molecule has 2 aliphatic heterocycles. The Labute approximate surface area is 301 Å². The van der Waals surface area contributed by atoms with Gasteiger partial charge in [-0.3, -0.25) is 19.4 Å². The van der Waals surface area contributed by atoms with Crippen molar-refractivity contribution in [1.82, 2.24) is 10.3 Å². The molecule has 0 saturated carbocycles. The van der Waals surface area contributed by atoms with Gasteiger partial charge in [-0.25, -0.2) is 0 Å². The Kier molecular flexibility index (Phi) is 17.6. The van der Waals surface area contributed by atoms with Crippen molar-refractivity contribution in [2.24, 2.45) is 11.8 Å². The number of epoxide rings is 1. The first-order valence-corrected chi connectivity index (χ1v) is 17.4. The number of pyridine rings is 1. The van der Waals surface area contributed by atoms with Crippen molar-refractivity contribution in [3.63, 3.8) is 0 Å². The summed E-state index contributed by atoms with van der Waals surface area (Å²) in [6.45, 7) is 12.7. The van der Waals surface area contributed by atoms with E-state index in [4.69, 9.17) is 28.8 Å². The van der Waals surface area contributed by atoms with Crippen molar-refractivity contribution < 1.29 is 53.8 Å². The van der Waals surface area contributed by atoms with Crippen LogP contribution in [0.5, 0.6) is 0 Å². The van der Waals surface area contributed by atoms with E-state index in [1.807, 2.05) is 26.0 Å². The van der Waals surface area contributed by atoms with Crippen LogP contribution in [-0.4, -0.2) is 105 Å². The van der Waals surface area contributed by atoms with E-state index in [9.17, 15) is 24.9 Å². The second-order valence-electron chi connectivity index (χ2n) is 13.9. The number of esters is 2. The molecule has 0 radical (unpaired) electrons. The van der Waals surface area contributed by atoms with Gasteiger partial charge in [0, 0.05) is 44.8 Å². The average molecular weight is 719 g/mol. The zero-order valence-electron chi connectivity index (χ0n) is 31.1. The summed E-state index contributed by atoms with van der Waals surface area (Å²) in [7, 11) is 1.70. The molecule has 3 unspecified atom stereocenters. The number of carbonyl (C=O) groups excluding carboxylic acids is 2. The van der Waals surface area contributed by atoms with Gasteiger partial charge in [0.2, 0.25) is 0 Å². The lowest BCUT2D eigenvalue weighted by Gasteiger charge is -2.32. The molecule has 11 atom stereocenters. The smallest absolute Gasteiger partial charge is 0.309 e. The predicted octanol–water partition coefficient (Wildman–Crippen LogP) is 3.65. The summed E-state index contributed by atoms with van der Waals surface area (Å²) in [4.78, 5) is 37.1. The minimum atomic E-state index is -1.45. The summed E-state index contributed by atoms with van der Waals surface area (Å²) in [5.41, 5.74) is -1.07. The van der Waals surface area contributed by atoms with Gasteiger partial charge < -0.3 is 44.7 Å². The number of allylic oxidation sites excluding steroid dienone is 2. The first-order valence-electron chi connectivity index (χ1n) is 17.4. The van der Waals surface area contributed by atoms with Crippen molar-refractivity contribution in [3.05, 3.63) is 66.0 Å². The number of carboxylic acid groups (broad SMARTS) is 1. The van der Waals surface area contributed by atoms with Crippen LogP contribution in [-0.2, 0) is 39.9 Å². The van der Waals surface area contributed by atoms with Crippen LogP contribution in [0.4, 0.5) is 0 Å². The van der Waals surface area contributed by atoms with Gasteiger partial charge in [-0.1, -0.05) is 45.1 Å². The Hall–Kier alpha value is -3.46. The molecular formula is C38H58N2O11. The molecule has 0 aromatic carbocycles. The fraction of sp³-hybridized carbons (Fsp3) is 0.632. The van der Waals surface area contributed by atoms with Crippen LogP contribution in [0.1, 0.15) is 79.7 Å². The SMILES string of the molecule is CC[C@H](OC)[C@@H](C)[C@H]1O[C@@H]1C(NCc1ccncc1)C(C)(O)/C=C/C=C(\C)C1OC(=O)C[C@H](O)CC[C@@](C)(O)[C@@H](OC(C)=O)/C=C/[C@@H]1C.O=CO. The summed E-state index contributed by atoms with van der Waals surface area (Å²) in [5, 5.41) is 43.8. The maximum atomic E-state index is 12.9. The summed E-state index contributed by atoms with van der Waals surface area (Å²) in [5.74, 6) is -1.36. The minimum absolute atomic E-state index is 0.0353. The molecule has 0 bridgehead atoms. The standard InChI is InChI=1S/C37H56N2O9.CH2O2/c1-9-29(45-8)25(4)33-34(48-33)35(39-22-27-15-19-38-20-16-27)37(7,44)17-10-11-23(2)32-24(3)12-13-30(46-26(5)40)36(6,43)18-14-28(41)21-31(42)47-32;2-1-3/h10-13,15-17,19-20,24-25,28-30,32-35,39,41,43-44H,9,14,18,21-22H2,1-8H3;1H,(H,2,3)/b13-12+,17-10+,23-11+;/t24-,25+,28+,29-,30-,32?,33+,34-,35?,36+,37?;/m0./s1. The zero-order valence-corrected chi connectivity index (χ0v) is 31.1. The summed E-state index contributed by atoms with van der Waals surface area (Å²) >= 11 is 0. The topological polar surface area (TPSA) is 197 Å². The highest BCUT2D eigenvalue weighted by Gasteiger charge is 2.54. The molecule has 13 heteroatoms. The number of aliphatic hydroxyl groups excluding tert-OH is 1. The highest BCUT2D eigenvalue weighted by Crippen LogP contribution is 2.39. The van der Waals surface area contributed by atoms with Crippen LogP contribution >= 0.6 is 0 Å². The third-order valence-electron chi connectivity index (χ3n) is 9.46. The summed E-state index contributed by atoms with van der Waals surface area (Å²) < 4.78 is 23.1. The number of nitrogens with zero attached hydrogens (tertiary/aromatic N) is 1. The first kappa shape index (κ1) is 43.7. The van der Waals surface area contributed by atoms with Gasteiger partial charge in [-0.05, 0) is 69.4 Å². The first-order chi connectivity index (χ1) is 24.0. The molecule has 2 aliphatic rings. The van der Waals surface area contributed by atoms with Gasteiger partial charge in [-0.15, -0.1) is 0 Å². The molecular weight excluding hydrogens is 660 g/mol. The van der Waals surface area contributed by atoms with Crippen LogP contribution < -0.4 is 5.32 Å². The second kappa shape index (κ2) is 20.5. The quantitative estimate of drug-likeness (QED) is 0.0652. The largest absolute Gasteiger partial charge is 0.483 e. The molecule has 3 rings (SSSR count). The Morgan fingerprint density at radius 3 is 2.47 bits per heavy atom. The third-order valence-corrected chi connectivity index (χ3v) is 9.46. The summed E-state index contributed by atoms with van der Waals surface area (Å²) in [6.07, 6.45) is 9.85. The van der Waals surface area contributed by atoms with E-state index < -0.39 is 47.5 Å². The Morgan fingerprint density at radius 1 is 1.24 bits per heavy atom. The number of hydrogen-bond donors (Lipinski definition) is 5. The normalized spacial score (nSPS) is 30.9. The summed E-state index contributed by atoms with van der Waals surface area (Å²) in [6, 6.07) is 3.38. The number of carbonyl (C=O) groups is 3. The molecule has 1 saturated heterocycles. The Bertz CT molecular complexity index is 1330. The molecule has 1 fully saturated rings. The number of aliphatic hydroxyl groups is 3. The van der Waals surface area contributed by atoms with Gasteiger partial charge in [-0.2, -0.15) is 0 Å². The fourth-order valence-electron chi connectivity index (χ4n) is 6.40.